The predicted molar refractivity (Wildman–Crippen MR) is 92.6 cm³/mol. The van der Waals surface area contributed by atoms with Crippen LogP contribution in [0.5, 0.6) is 0 Å². The Hall–Kier alpha value is -0.570. The molecule has 3 nitrogen and oxygen atoms in total. The summed E-state index contributed by atoms with van der Waals surface area (Å²) in [5.74, 6) is 0.434. The molecule has 1 unspecified atom stereocenters. The smallest absolute Gasteiger partial charge is 0.223 e. The summed E-state index contributed by atoms with van der Waals surface area (Å²) in [5.41, 5.74) is 0. The topological polar surface area (TPSA) is 32.3 Å². The maximum atomic E-state index is 12.1. The van der Waals surface area contributed by atoms with E-state index < -0.39 is 0 Å². The molecule has 0 bridgehead atoms. The number of carbonyl (C=O) groups is 1. The number of nitrogens with one attached hydrogen (secondary N) is 1. The lowest BCUT2D eigenvalue weighted by molar-refractivity contribution is -0.125. The van der Waals surface area contributed by atoms with Crippen LogP contribution < -0.4 is 5.32 Å². The Morgan fingerprint density at radius 1 is 0.952 bits per heavy atom. The van der Waals surface area contributed by atoms with Crippen LogP contribution in [0.1, 0.15) is 78.1 Å². The van der Waals surface area contributed by atoms with Crippen LogP contribution in [0.4, 0.5) is 0 Å². The van der Waals surface area contributed by atoms with E-state index in [0.717, 1.165) is 32.4 Å². The zero-order valence-electron chi connectivity index (χ0n) is 14.9. The highest BCUT2D eigenvalue weighted by molar-refractivity contribution is 5.78. The summed E-state index contributed by atoms with van der Waals surface area (Å²) in [5, 5.41) is 3.11. The van der Waals surface area contributed by atoms with Gasteiger partial charge in [0.2, 0.25) is 5.91 Å². The second kappa shape index (κ2) is 14.4. The molecule has 0 spiro atoms. The summed E-state index contributed by atoms with van der Waals surface area (Å²) in [6, 6.07) is 0. The second-order valence-corrected chi connectivity index (χ2v) is 6.46. The molecule has 0 aromatic heterocycles. The average molecular weight is 299 g/mol. The third-order valence-corrected chi connectivity index (χ3v) is 4.12. The highest BCUT2D eigenvalue weighted by Gasteiger charge is 2.15. The van der Waals surface area contributed by atoms with Gasteiger partial charge >= 0.3 is 0 Å². The van der Waals surface area contributed by atoms with Crippen molar-refractivity contribution >= 4 is 5.91 Å². The zero-order valence-corrected chi connectivity index (χ0v) is 14.9. The lowest BCUT2D eigenvalue weighted by Crippen LogP contribution is -2.33. The van der Waals surface area contributed by atoms with E-state index in [0.29, 0.717) is 0 Å². The zero-order chi connectivity index (χ0) is 15.9. The van der Waals surface area contributed by atoms with E-state index in [9.17, 15) is 4.79 Å². The van der Waals surface area contributed by atoms with Gasteiger partial charge in [0.25, 0.3) is 0 Å². The number of rotatable bonds is 14. The summed E-state index contributed by atoms with van der Waals surface area (Å²) < 4.78 is 0. The maximum Gasteiger partial charge on any atom is 0.223 e. The second-order valence-electron chi connectivity index (χ2n) is 6.46. The lowest BCUT2D eigenvalue weighted by Gasteiger charge is -2.17. The minimum atomic E-state index is 0.182. The van der Waals surface area contributed by atoms with Gasteiger partial charge in [-0.2, -0.15) is 0 Å². The van der Waals surface area contributed by atoms with E-state index in [1.54, 1.807) is 0 Å². The number of amides is 1. The van der Waals surface area contributed by atoms with Crippen molar-refractivity contribution in [2.45, 2.75) is 78.1 Å². The molecule has 21 heavy (non-hydrogen) atoms. The van der Waals surface area contributed by atoms with Crippen LogP contribution in [0.15, 0.2) is 0 Å². The van der Waals surface area contributed by atoms with Gasteiger partial charge < -0.3 is 10.2 Å². The third-order valence-electron chi connectivity index (χ3n) is 4.12. The largest absolute Gasteiger partial charge is 0.356 e. The summed E-state index contributed by atoms with van der Waals surface area (Å²) >= 11 is 0. The van der Waals surface area contributed by atoms with E-state index >= 15 is 0 Å². The molecule has 0 aromatic rings. The van der Waals surface area contributed by atoms with Crippen LogP contribution >= 0.6 is 0 Å². The van der Waals surface area contributed by atoms with Gasteiger partial charge in [0.05, 0.1) is 0 Å². The van der Waals surface area contributed by atoms with Crippen molar-refractivity contribution in [3.8, 4) is 0 Å². The van der Waals surface area contributed by atoms with Crippen molar-refractivity contribution < 1.29 is 4.79 Å². The van der Waals surface area contributed by atoms with Gasteiger partial charge in [-0.3, -0.25) is 4.79 Å². The van der Waals surface area contributed by atoms with Crippen molar-refractivity contribution in [2.24, 2.45) is 5.92 Å². The fourth-order valence-electron chi connectivity index (χ4n) is 2.55. The third kappa shape index (κ3) is 12.9. The Morgan fingerprint density at radius 3 is 2.05 bits per heavy atom. The molecule has 3 heteroatoms. The van der Waals surface area contributed by atoms with Crippen LogP contribution in [-0.2, 0) is 4.79 Å². The van der Waals surface area contributed by atoms with Crippen molar-refractivity contribution in [1.29, 1.82) is 0 Å². The molecule has 0 aliphatic rings. The minimum Gasteiger partial charge on any atom is -0.356 e. The normalized spacial score (nSPS) is 12.6. The van der Waals surface area contributed by atoms with Crippen LogP contribution in [0.25, 0.3) is 0 Å². The van der Waals surface area contributed by atoms with Crippen molar-refractivity contribution in [1.82, 2.24) is 10.2 Å². The molecule has 1 amide bonds. The molecule has 0 aliphatic carbocycles. The van der Waals surface area contributed by atoms with Gasteiger partial charge in [-0.05, 0) is 39.9 Å². The summed E-state index contributed by atoms with van der Waals surface area (Å²) in [6.07, 6.45) is 12.4. The Kier molecular flexibility index (Phi) is 14.0. The number of hydrogen-bond donors (Lipinski definition) is 1. The molecule has 1 N–H and O–H groups in total. The van der Waals surface area contributed by atoms with E-state index in [4.69, 9.17) is 0 Å². The van der Waals surface area contributed by atoms with Crippen molar-refractivity contribution in [3.05, 3.63) is 0 Å². The molecule has 0 aliphatic heterocycles. The molecule has 0 radical (unpaired) electrons. The quantitative estimate of drug-likeness (QED) is 0.487. The number of carbonyl (C=O) groups excluding carboxylic acids is 1. The average Bonchev–Trinajstić information content (AvgIpc) is 2.46. The van der Waals surface area contributed by atoms with Gasteiger partial charge in [-0.15, -0.1) is 0 Å². The molecule has 0 saturated carbocycles. The molecular formula is C18H38N2O. The first-order valence-electron chi connectivity index (χ1n) is 9.04. The fourth-order valence-corrected chi connectivity index (χ4v) is 2.55. The van der Waals surface area contributed by atoms with Crippen LogP contribution in [0.2, 0.25) is 0 Å². The molecule has 0 rings (SSSR count). The maximum absolute atomic E-state index is 12.1. The molecule has 0 heterocycles. The first kappa shape index (κ1) is 20.4. The molecule has 1 atom stereocenters. The molecule has 126 valence electrons. The van der Waals surface area contributed by atoms with E-state index in [-0.39, 0.29) is 11.8 Å². The van der Waals surface area contributed by atoms with Gasteiger partial charge in [0.15, 0.2) is 0 Å². The standard InChI is InChI=1S/C18H38N2O/c1-5-7-8-9-10-11-12-13-15-19-18(21)17(6-2)14-16-20(3)4/h17H,5-16H2,1-4H3,(H,19,21). The van der Waals surface area contributed by atoms with Crippen LogP contribution in [-0.4, -0.2) is 38.0 Å². The Morgan fingerprint density at radius 2 is 1.52 bits per heavy atom. The molecule has 0 fully saturated rings. The summed E-state index contributed by atoms with van der Waals surface area (Å²) in [7, 11) is 4.12. The highest BCUT2D eigenvalue weighted by Crippen LogP contribution is 2.10. The summed E-state index contributed by atoms with van der Waals surface area (Å²) in [6.45, 7) is 6.21. The highest BCUT2D eigenvalue weighted by atomic mass is 16.1. The van der Waals surface area contributed by atoms with Gasteiger partial charge in [0, 0.05) is 12.5 Å². The Bertz CT molecular complexity index is 241. The van der Waals surface area contributed by atoms with E-state index in [1.165, 1.54) is 44.9 Å². The van der Waals surface area contributed by atoms with Crippen LogP contribution in [0.3, 0.4) is 0 Å². The number of unbranched alkanes of at least 4 members (excludes halogenated alkanes) is 7. The van der Waals surface area contributed by atoms with Gasteiger partial charge in [0.1, 0.15) is 0 Å². The first-order chi connectivity index (χ1) is 10.1. The number of hydrogen-bond acceptors (Lipinski definition) is 2. The van der Waals surface area contributed by atoms with E-state index in [2.05, 4.69) is 38.2 Å². The van der Waals surface area contributed by atoms with Crippen molar-refractivity contribution in [2.75, 3.05) is 27.2 Å². The minimum absolute atomic E-state index is 0.182. The predicted octanol–water partition coefficient (Wildman–Crippen LogP) is 4.22. The van der Waals surface area contributed by atoms with Crippen LogP contribution in [0, 0.1) is 5.92 Å². The van der Waals surface area contributed by atoms with E-state index in [1.807, 2.05) is 0 Å². The molecule has 0 saturated heterocycles. The Labute approximate surface area is 132 Å². The lowest BCUT2D eigenvalue weighted by atomic mass is 10.0. The van der Waals surface area contributed by atoms with Gasteiger partial charge in [-0.25, -0.2) is 0 Å². The Balaban J connectivity index is 3.50. The first-order valence-corrected chi connectivity index (χ1v) is 9.04. The van der Waals surface area contributed by atoms with Gasteiger partial charge in [-0.1, -0.05) is 58.8 Å². The monoisotopic (exact) mass is 298 g/mol. The SMILES string of the molecule is CCCCCCCCCCNC(=O)C(CC)CCN(C)C. The summed E-state index contributed by atoms with van der Waals surface area (Å²) in [4.78, 5) is 14.2. The molecular weight excluding hydrogens is 260 g/mol. The van der Waals surface area contributed by atoms with Crippen molar-refractivity contribution in [3.63, 3.8) is 0 Å². The molecule has 0 aromatic carbocycles. The fraction of sp³-hybridized carbons (Fsp3) is 0.944. The number of nitrogens with zero attached hydrogens (tertiary/aromatic N) is 1.